The number of hydrogen-bond donors (Lipinski definition) is 1. The predicted molar refractivity (Wildman–Crippen MR) is 77.1 cm³/mol. The highest BCUT2D eigenvalue weighted by atomic mass is 32.1. The van der Waals surface area contributed by atoms with E-state index in [4.69, 9.17) is 0 Å². The number of carboxylic acid groups (broad SMARTS) is 1. The lowest BCUT2D eigenvalue weighted by Crippen LogP contribution is -2.47. The Kier molecular flexibility index (Phi) is 3.40. The van der Waals surface area contributed by atoms with Gasteiger partial charge in [-0.1, -0.05) is 41.7 Å². The molecule has 20 heavy (non-hydrogen) atoms. The Morgan fingerprint density at radius 3 is 2.50 bits per heavy atom. The summed E-state index contributed by atoms with van der Waals surface area (Å²) in [5.41, 5.74) is 1.82. The maximum Gasteiger partial charge on any atom is 0.314 e. The maximum atomic E-state index is 11.8. The van der Waals surface area contributed by atoms with Crippen LogP contribution in [0.2, 0.25) is 0 Å². The number of aromatic nitrogens is 2. The molecule has 6 heteroatoms. The quantitative estimate of drug-likeness (QED) is 0.938. The van der Waals surface area contributed by atoms with E-state index in [-0.39, 0.29) is 0 Å². The largest absolute Gasteiger partial charge is 0.481 e. The summed E-state index contributed by atoms with van der Waals surface area (Å²) in [5, 5.41) is 18.5. The van der Waals surface area contributed by atoms with E-state index in [2.05, 4.69) is 15.1 Å². The van der Waals surface area contributed by atoms with Crippen LogP contribution in [0.5, 0.6) is 0 Å². The van der Waals surface area contributed by atoms with Crippen molar-refractivity contribution in [2.24, 2.45) is 0 Å². The maximum absolute atomic E-state index is 11.8. The molecular formula is C14H15N3O2S. The van der Waals surface area contributed by atoms with Crippen LogP contribution in [-0.2, 0) is 10.2 Å². The van der Waals surface area contributed by atoms with Gasteiger partial charge in [0.15, 0.2) is 0 Å². The first-order valence-electron chi connectivity index (χ1n) is 6.52. The van der Waals surface area contributed by atoms with Gasteiger partial charge in [0.25, 0.3) is 0 Å². The Hall–Kier alpha value is -1.95. The highest BCUT2D eigenvalue weighted by Gasteiger charge is 2.43. The summed E-state index contributed by atoms with van der Waals surface area (Å²) in [6, 6.07) is 9.53. The Bertz CT molecular complexity index is 578. The van der Waals surface area contributed by atoms with Gasteiger partial charge in [0, 0.05) is 13.1 Å². The Labute approximate surface area is 120 Å². The first-order valence-corrected chi connectivity index (χ1v) is 7.40. The second kappa shape index (κ2) is 5.20. The third-order valence-corrected chi connectivity index (χ3v) is 4.72. The van der Waals surface area contributed by atoms with Crippen molar-refractivity contribution in [3.63, 3.8) is 0 Å². The van der Waals surface area contributed by atoms with E-state index in [1.165, 1.54) is 11.3 Å². The van der Waals surface area contributed by atoms with Crippen molar-refractivity contribution in [2.45, 2.75) is 18.3 Å². The normalized spacial score (nSPS) is 17.9. The van der Waals surface area contributed by atoms with Crippen LogP contribution in [-0.4, -0.2) is 34.4 Å². The second-order valence-electron chi connectivity index (χ2n) is 4.96. The molecule has 0 bridgehead atoms. The van der Waals surface area contributed by atoms with E-state index >= 15 is 0 Å². The topological polar surface area (TPSA) is 66.3 Å². The zero-order valence-corrected chi connectivity index (χ0v) is 11.7. The molecule has 3 rings (SSSR count). The molecule has 1 fully saturated rings. The van der Waals surface area contributed by atoms with Gasteiger partial charge in [0.05, 0.1) is 5.41 Å². The van der Waals surface area contributed by atoms with Crippen LogP contribution in [0.4, 0.5) is 5.13 Å². The molecule has 0 amide bonds. The molecule has 0 unspecified atom stereocenters. The average Bonchev–Trinajstić information content (AvgIpc) is 3.02. The van der Waals surface area contributed by atoms with Gasteiger partial charge in [0.2, 0.25) is 5.13 Å². The van der Waals surface area contributed by atoms with E-state index < -0.39 is 11.4 Å². The number of piperidine rings is 1. The molecule has 1 aromatic heterocycles. The number of rotatable bonds is 3. The summed E-state index contributed by atoms with van der Waals surface area (Å²) in [5.74, 6) is -0.736. The molecule has 5 nitrogen and oxygen atoms in total. The summed E-state index contributed by atoms with van der Waals surface area (Å²) in [6.45, 7) is 1.38. The first kappa shape index (κ1) is 13.1. The number of carboxylic acids is 1. The SMILES string of the molecule is O=C(O)C1(c2ccccc2)CCN(c2nncs2)CC1. The van der Waals surface area contributed by atoms with Crippen LogP contribution in [0, 0.1) is 0 Å². The summed E-state index contributed by atoms with van der Waals surface area (Å²) >= 11 is 1.49. The number of nitrogens with zero attached hydrogens (tertiary/aromatic N) is 3. The number of carbonyl (C=O) groups is 1. The molecule has 1 aromatic carbocycles. The highest BCUT2D eigenvalue weighted by Crippen LogP contribution is 2.37. The summed E-state index contributed by atoms with van der Waals surface area (Å²) in [4.78, 5) is 13.9. The molecule has 0 aliphatic carbocycles. The van der Waals surface area contributed by atoms with Crippen molar-refractivity contribution in [3.05, 3.63) is 41.4 Å². The molecule has 0 radical (unpaired) electrons. The molecule has 1 aliphatic heterocycles. The fraction of sp³-hybridized carbons (Fsp3) is 0.357. The van der Waals surface area contributed by atoms with Gasteiger partial charge in [-0.25, -0.2) is 0 Å². The van der Waals surface area contributed by atoms with Gasteiger partial charge >= 0.3 is 5.97 Å². The van der Waals surface area contributed by atoms with Crippen molar-refractivity contribution in [3.8, 4) is 0 Å². The van der Waals surface area contributed by atoms with Crippen LogP contribution in [0.15, 0.2) is 35.8 Å². The fourth-order valence-corrected chi connectivity index (χ4v) is 3.38. The van der Waals surface area contributed by atoms with E-state index in [0.29, 0.717) is 25.9 Å². The van der Waals surface area contributed by atoms with E-state index in [9.17, 15) is 9.90 Å². The zero-order chi connectivity index (χ0) is 14.0. The minimum atomic E-state index is -0.775. The molecule has 2 heterocycles. The van der Waals surface area contributed by atoms with Gasteiger partial charge in [-0.05, 0) is 18.4 Å². The minimum Gasteiger partial charge on any atom is -0.481 e. The van der Waals surface area contributed by atoms with Gasteiger partial charge < -0.3 is 10.0 Å². The van der Waals surface area contributed by atoms with Crippen LogP contribution in [0.1, 0.15) is 18.4 Å². The van der Waals surface area contributed by atoms with E-state index in [1.807, 2.05) is 30.3 Å². The molecular weight excluding hydrogens is 274 g/mol. The predicted octanol–water partition coefficient (Wildman–Crippen LogP) is 2.16. The van der Waals surface area contributed by atoms with Gasteiger partial charge in [0.1, 0.15) is 5.51 Å². The van der Waals surface area contributed by atoms with Crippen LogP contribution in [0.3, 0.4) is 0 Å². The lowest BCUT2D eigenvalue weighted by molar-refractivity contribution is -0.144. The lowest BCUT2D eigenvalue weighted by atomic mass is 9.73. The van der Waals surface area contributed by atoms with Crippen LogP contribution < -0.4 is 4.90 Å². The molecule has 0 atom stereocenters. The molecule has 104 valence electrons. The van der Waals surface area contributed by atoms with Crippen molar-refractivity contribution in [1.82, 2.24) is 10.2 Å². The minimum absolute atomic E-state index is 0.589. The van der Waals surface area contributed by atoms with E-state index in [1.54, 1.807) is 5.51 Å². The standard InChI is InChI=1S/C14H15N3O2S/c18-12(19)14(11-4-2-1-3-5-11)6-8-17(9-7-14)13-16-15-10-20-13/h1-5,10H,6-9H2,(H,18,19). The Balaban J connectivity index is 1.84. The molecule has 2 aromatic rings. The average molecular weight is 289 g/mol. The third-order valence-electron chi connectivity index (χ3n) is 3.97. The zero-order valence-electron chi connectivity index (χ0n) is 10.9. The lowest BCUT2D eigenvalue weighted by Gasteiger charge is -2.38. The number of anilines is 1. The molecule has 1 saturated heterocycles. The van der Waals surface area contributed by atoms with Crippen molar-refractivity contribution < 1.29 is 9.90 Å². The van der Waals surface area contributed by atoms with Gasteiger partial charge in [-0.3, -0.25) is 4.79 Å². The fourth-order valence-electron chi connectivity index (χ4n) is 2.77. The van der Waals surface area contributed by atoms with Crippen molar-refractivity contribution >= 4 is 22.4 Å². The highest BCUT2D eigenvalue weighted by molar-refractivity contribution is 7.13. The molecule has 0 saturated carbocycles. The van der Waals surface area contributed by atoms with Crippen molar-refractivity contribution in [2.75, 3.05) is 18.0 Å². The number of aliphatic carboxylic acids is 1. The number of hydrogen-bond acceptors (Lipinski definition) is 5. The summed E-state index contributed by atoms with van der Waals surface area (Å²) < 4.78 is 0. The third kappa shape index (κ3) is 2.16. The molecule has 1 aliphatic rings. The van der Waals surface area contributed by atoms with E-state index in [0.717, 1.165) is 10.7 Å². The Morgan fingerprint density at radius 2 is 1.95 bits per heavy atom. The van der Waals surface area contributed by atoms with Crippen LogP contribution in [0.25, 0.3) is 0 Å². The Morgan fingerprint density at radius 1 is 1.25 bits per heavy atom. The summed E-state index contributed by atoms with van der Waals surface area (Å²) in [6.07, 6.45) is 1.18. The molecule has 0 spiro atoms. The molecule has 1 N–H and O–H groups in total. The van der Waals surface area contributed by atoms with Gasteiger partial charge in [-0.15, -0.1) is 10.2 Å². The second-order valence-corrected chi connectivity index (χ2v) is 5.77. The smallest absolute Gasteiger partial charge is 0.314 e. The van der Waals surface area contributed by atoms with Gasteiger partial charge in [-0.2, -0.15) is 0 Å². The first-order chi connectivity index (χ1) is 9.72. The monoisotopic (exact) mass is 289 g/mol. The van der Waals surface area contributed by atoms with Crippen LogP contribution >= 0.6 is 11.3 Å². The van der Waals surface area contributed by atoms with Crippen molar-refractivity contribution in [1.29, 1.82) is 0 Å². The number of benzene rings is 1. The summed E-state index contributed by atoms with van der Waals surface area (Å²) in [7, 11) is 0.